The van der Waals surface area contributed by atoms with Crippen LogP contribution < -0.4 is 5.56 Å². The zero-order valence-corrected chi connectivity index (χ0v) is 14.6. The van der Waals surface area contributed by atoms with Crippen molar-refractivity contribution in [2.45, 2.75) is 19.9 Å². The van der Waals surface area contributed by atoms with E-state index >= 15 is 0 Å². The third-order valence-corrected chi connectivity index (χ3v) is 5.40. The number of aryl methyl sites for hydroxylation is 1. The SMILES string of the molecule is CCOC(=O)c1cc(-c2ccccc2)c(=O)n2c1-c1sccc1CC2. The standard InChI is InChI=1S/C20H17NO3S/c1-2-24-20(23)16-12-15(13-6-4-3-5-7-13)19(22)21-10-8-14-9-11-25-18(14)17(16)21/h3-7,9,11-12H,2,8,10H2,1H3. The summed E-state index contributed by atoms with van der Waals surface area (Å²) < 4.78 is 7.00. The van der Waals surface area contributed by atoms with Crippen molar-refractivity contribution in [3.05, 3.63) is 69.3 Å². The monoisotopic (exact) mass is 351 g/mol. The predicted molar refractivity (Wildman–Crippen MR) is 99.1 cm³/mol. The molecule has 1 aliphatic rings. The van der Waals surface area contributed by atoms with E-state index in [4.69, 9.17) is 4.74 Å². The molecule has 0 aliphatic carbocycles. The summed E-state index contributed by atoms with van der Waals surface area (Å²) in [4.78, 5) is 26.7. The van der Waals surface area contributed by atoms with Gasteiger partial charge in [0.05, 0.1) is 22.7 Å². The fourth-order valence-electron chi connectivity index (χ4n) is 3.29. The molecule has 2 aromatic heterocycles. The van der Waals surface area contributed by atoms with Gasteiger partial charge in [0.2, 0.25) is 0 Å². The van der Waals surface area contributed by atoms with Crippen LogP contribution in [0.2, 0.25) is 0 Å². The summed E-state index contributed by atoms with van der Waals surface area (Å²) in [6.45, 7) is 2.66. The lowest BCUT2D eigenvalue weighted by Crippen LogP contribution is -2.29. The predicted octanol–water partition coefficient (Wildman–Crippen LogP) is 3.98. The Bertz CT molecular complexity index is 1000. The third-order valence-electron chi connectivity index (χ3n) is 4.44. The van der Waals surface area contributed by atoms with Crippen molar-refractivity contribution in [3.8, 4) is 21.7 Å². The molecule has 0 spiro atoms. The topological polar surface area (TPSA) is 48.3 Å². The number of nitrogens with zero attached hydrogens (tertiary/aromatic N) is 1. The van der Waals surface area contributed by atoms with Crippen LogP contribution in [0.3, 0.4) is 0 Å². The number of carbonyl (C=O) groups excluding carboxylic acids is 1. The molecule has 0 atom stereocenters. The number of aromatic nitrogens is 1. The van der Waals surface area contributed by atoms with Crippen molar-refractivity contribution in [3.63, 3.8) is 0 Å². The average molecular weight is 351 g/mol. The molecule has 0 amide bonds. The Balaban J connectivity index is 2.02. The molecule has 0 fully saturated rings. The number of carbonyl (C=O) groups is 1. The molecule has 5 heteroatoms. The van der Waals surface area contributed by atoms with Crippen LogP contribution in [0.1, 0.15) is 22.8 Å². The minimum atomic E-state index is -0.385. The van der Waals surface area contributed by atoms with Gasteiger partial charge in [0.1, 0.15) is 0 Å². The molecular weight excluding hydrogens is 334 g/mol. The van der Waals surface area contributed by atoms with E-state index in [0.717, 1.165) is 16.9 Å². The minimum Gasteiger partial charge on any atom is -0.462 e. The van der Waals surface area contributed by atoms with Gasteiger partial charge in [-0.15, -0.1) is 11.3 Å². The number of rotatable bonds is 3. The van der Waals surface area contributed by atoms with Gasteiger partial charge in [-0.25, -0.2) is 4.79 Å². The number of pyridine rings is 1. The van der Waals surface area contributed by atoms with Crippen LogP contribution in [-0.2, 0) is 17.7 Å². The molecule has 25 heavy (non-hydrogen) atoms. The van der Waals surface area contributed by atoms with Gasteiger partial charge in [0, 0.05) is 12.1 Å². The van der Waals surface area contributed by atoms with E-state index < -0.39 is 0 Å². The van der Waals surface area contributed by atoms with Crippen LogP contribution in [0, 0.1) is 0 Å². The second-order valence-electron chi connectivity index (χ2n) is 5.89. The van der Waals surface area contributed by atoms with E-state index in [1.807, 2.05) is 35.7 Å². The van der Waals surface area contributed by atoms with Crippen LogP contribution >= 0.6 is 11.3 Å². The summed E-state index contributed by atoms with van der Waals surface area (Å²) in [5, 5.41) is 2.00. The number of benzene rings is 1. The average Bonchev–Trinajstić information content (AvgIpc) is 3.12. The molecule has 0 radical (unpaired) electrons. The lowest BCUT2D eigenvalue weighted by atomic mass is 9.98. The fourth-order valence-corrected chi connectivity index (χ4v) is 4.31. The van der Waals surface area contributed by atoms with Crippen molar-refractivity contribution in [1.29, 1.82) is 0 Å². The van der Waals surface area contributed by atoms with E-state index in [2.05, 4.69) is 6.07 Å². The molecule has 0 saturated carbocycles. The van der Waals surface area contributed by atoms with Crippen molar-refractivity contribution >= 4 is 17.3 Å². The fraction of sp³-hybridized carbons (Fsp3) is 0.200. The van der Waals surface area contributed by atoms with E-state index in [9.17, 15) is 9.59 Å². The first kappa shape index (κ1) is 15.8. The van der Waals surface area contributed by atoms with Crippen LogP contribution in [0.25, 0.3) is 21.7 Å². The number of thiophene rings is 1. The summed E-state index contributed by atoms with van der Waals surface area (Å²) in [7, 11) is 0. The van der Waals surface area contributed by atoms with E-state index in [-0.39, 0.29) is 11.5 Å². The normalized spacial score (nSPS) is 12.4. The smallest absolute Gasteiger partial charge is 0.340 e. The van der Waals surface area contributed by atoms with Crippen LogP contribution in [0.4, 0.5) is 0 Å². The Kier molecular flexibility index (Phi) is 4.01. The number of hydrogen-bond donors (Lipinski definition) is 0. The molecule has 3 aromatic rings. The summed E-state index contributed by atoms with van der Waals surface area (Å²) in [5.74, 6) is -0.385. The van der Waals surface area contributed by atoms with E-state index in [1.54, 1.807) is 28.9 Å². The molecule has 0 saturated heterocycles. The lowest BCUT2D eigenvalue weighted by Gasteiger charge is -2.22. The number of ether oxygens (including phenoxy) is 1. The Morgan fingerprint density at radius 2 is 2.04 bits per heavy atom. The first-order valence-corrected chi connectivity index (χ1v) is 9.15. The Hall–Kier alpha value is -2.66. The highest BCUT2D eigenvalue weighted by atomic mass is 32.1. The molecule has 0 bridgehead atoms. The van der Waals surface area contributed by atoms with Gasteiger partial charge in [-0.3, -0.25) is 4.79 Å². The quantitative estimate of drug-likeness (QED) is 0.671. The largest absolute Gasteiger partial charge is 0.462 e. The maximum Gasteiger partial charge on any atom is 0.340 e. The second kappa shape index (κ2) is 6.33. The van der Waals surface area contributed by atoms with Crippen LogP contribution in [-0.4, -0.2) is 17.1 Å². The molecule has 1 aliphatic heterocycles. The molecule has 0 N–H and O–H groups in total. The van der Waals surface area contributed by atoms with Crippen molar-refractivity contribution in [2.24, 2.45) is 0 Å². The molecule has 3 heterocycles. The van der Waals surface area contributed by atoms with Gasteiger partial charge >= 0.3 is 5.97 Å². The Morgan fingerprint density at radius 1 is 1.24 bits per heavy atom. The minimum absolute atomic E-state index is 0.0618. The van der Waals surface area contributed by atoms with E-state index in [1.165, 1.54) is 5.56 Å². The highest BCUT2D eigenvalue weighted by molar-refractivity contribution is 7.13. The second-order valence-corrected chi connectivity index (χ2v) is 6.80. The number of hydrogen-bond acceptors (Lipinski definition) is 4. The van der Waals surface area contributed by atoms with Crippen molar-refractivity contribution < 1.29 is 9.53 Å². The zero-order valence-electron chi connectivity index (χ0n) is 13.8. The van der Waals surface area contributed by atoms with Crippen LogP contribution in [0.5, 0.6) is 0 Å². The maximum atomic E-state index is 13.1. The molecule has 1 aromatic carbocycles. The lowest BCUT2D eigenvalue weighted by molar-refractivity contribution is 0.0526. The van der Waals surface area contributed by atoms with Crippen molar-refractivity contribution in [2.75, 3.05) is 6.61 Å². The van der Waals surface area contributed by atoms with Crippen molar-refractivity contribution in [1.82, 2.24) is 4.57 Å². The van der Waals surface area contributed by atoms with Gasteiger partial charge in [0.15, 0.2) is 0 Å². The van der Waals surface area contributed by atoms with Crippen LogP contribution in [0.15, 0.2) is 52.6 Å². The number of fused-ring (bicyclic) bond motifs is 3. The summed E-state index contributed by atoms with van der Waals surface area (Å²) >= 11 is 1.56. The summed E-state index contributed by atoms with van der Waals surface area (Å²) in [6.07, 6.45) is 0.798. The summed E-state index contributed by atoms with van der Waals surface area (Å²) in [6, 6.07) is 13.2. The first-order valence-electron chi connectivity index (χ1n) is 8.28. The molecule has 4 rings (SSSR count). The molecular formula is C20H17NO3S. The molecule has 126 valence electrons. The van der Waals surface area contributed by atoms with E-state index in [0.29, 0.717) is 30.0 Å². The first-order chi connectivity index (χ1) is 12.2. The van der Waals surface area contributed by atoms with Gasteiger partial charge < -0.3 is 9.30 Å². The Labute approximate surface area is 149 Å². The molecule has 4 nitrogen and oxygen atoms in total. The van der Waals surface area contributed by atoms with Gasteiger partial charge in [-0.05, 0) is 42.0 Å². The van der Waals surface area contributed by atoms with Gasteiger partial charge in [-0.1, -0.05) is 30.3 Å². The van der Waals surface area contributed by atoms with Gasteiger partial charge in [0.25, 0.3) is 5.56 Å². The zero-order chi connectivity index (χ0) is 17.4. The summed E-state index contributed by atoms with van der Waals surface area (Å²) in [5.41, 5.74) is 3.62. The Morgan fingerprint density at radius 3 is 2.80 bits per heavy atom. The third kappa shape index (κ3) is 2.61. The maximum absolute atomic E-state index is 13.1. The highest BCUT2D eigenvalue weighted by Crippen LogP contribution is 2.36. The highest BCUT2D eigenvalue weighted by Gasteiger charge is 2.27. The van der Waals surface area contributed by atoms with Gasteiger partial charge in [-0.2, -0.15) is 0 Å². The number of esters is 1. The molecule has 0 unspecified atom stereocenters.